The molecule has 2 fully saturated rings. The Kier molecular flexibility index (Phi) is 4.31. The van der Waals surface area contributed by atoms with Crippen LogP contribution in [0.5, 0.6) is 0 Å². The van der Waals surface area contributed by atoms with Crippen LogP contribution < -0.4 is 5.73 Å². The maximum atomic E-state index is 11.9. The summed E-state index contributed by atoms with van der Waals surface area (Å²) in [5.41, 5.74) is 5.64. The van der Waals surface area contributed by atoms with E-state index in [1.807, 2.05) is 0 Å². The Balaban J connectivity index is 2.08. The lowest BCUT2D eigenvalue weighted by Gasteiger charge is -2.48. The van der Waals surface area contributed by atoms with Crippen LogP contribution in [0, 0.1) is 0 Å². The first-order valence-electron chi connectivity index (χ1n) is 6.89. The smallest absolute Gasteiger partial charge is 0.152 e. The van der Waals surface area contributed by atoms with Crippen LogP contribution in [0.2, 0.25) is 0 Å². The summed E-state index contributed by atoms with van der Waals surface area (Å²) in [4.78, 5) is 4.73. The molecule has 0 spiro atoms. The second-order valence-electron chi connectivity index (χ2n) is 5.55. The fourth-order valence-electron chi connectivity index (χ4n) is 3.25. The first-order valence-corrected chi connectivity index (χ1v) is 8.71. The van der Waals surface area contributed by atoms with Gasteiger partial charge in [0, 0.05) is 38.3 Å². The minimum atomic E-state index is -2.91. The molecule has 2 aliphatic heterocycles. The highest BCUT2D eigenvalue weighted by Gasteiger charge is 2.43. The molecule has 0 aromatic heterocycles. The molecule has 106 valence electrons. The average Bonchev–Trinajstić information content (AvgIpc) is 2.37. The van der Waals surface area contributed by atoms with Gasteiger partial charge in [-0.1, -0.05) is 6.92 Å². The van der Waals surface area contributed by atoms with Gasteiger partial charge in [0.2, 0.25) is 0 Å². The van der Waals surface area contributed by atoms with Crippen LogP contribution in [0.1, 0.15) is 19.8 Å². The second kappa shape index (κ2) is 5.45. The number of hydrogen-bond acceptors (Lipinski definition) is 5. The van der Waals surface area contributed by atoms with E-state index in [9.17, 15) is 8.42 Å². The van der Waals surface area contributed by atoms with E-state index in [1.54, 1.807) is 0 Å². The zero-order chi connectivity index (χ0) is 13.2. The number of nitrogens with two attached hydrogens (primary N) is 1. The number of likely N-dealkylation sites (N-methyl/N-ethyl adjacent to an activating group) is 1. The molecule has 0 amide bonds. The molecule has 1 unspecified atom stereocenters. The first-order chi connectivity index (χ1) is 8.51. The summed E-state index contributed by atoms with van der Waals surface area (Å²) >= 11 is 0. The third kappa shape index (κ3) is 2.87. The third-order valence-electron chi connectivity index (χ3n) is 4.46. The largest absolute Gasteiger partial charge is 0.329 e. The van der Waals surface area contributed by atoms with E-state index in [-0.39, 0.29) is 11.3 Å². The van der Waals surface area contributed by atoms with Gasteiger partial charge in [-0.3, -0.25) is 4.90 Å². The minimum absolute atomic E-state index is 0.253. The Morgan fingerprint density at radius 2 is 1.89 bits per heavy atom. The molecule has 0 bridgehead atoms. The SMILES string of the molecule is CCN1CCN(C2(CN)CCCS(=O)(=O)C2)CC1. The van der Waals surface area contributed by atoms with Gasteiger partial charge in [0.1, 0.15) is 0 Å². The van der Waals surface area contributed by atoms with Crippen LogP contribution in [-0.2, 0) is 9.84 Å². The number of hydrogen-bond donors (Lipinski definition) is 1. The molecule has 0 radical (unpaired) electrons. The molecule has 0 aromatic rings. The van der Waals surface area contributed by atoms with Crippen molar-refractivity contribution in [3.05, 3.63) is 0 Å². The molecule has 2 aliphatic rings. The van der Waals surface area contributed by atoms with Crippen molar-refractivity contribution < 1.29 is 8.42 Å². The van der Waals surface area contributed by atoms with Crippen LogP contribution in [0.15, 0.2) is 0 Å². The van der Waals surface area contributed by atoms with Crippen molar-refractivity contribution in [3.63, 3.8) is 0 Å². The van der Waals surface area contributed by atoms with Crippen LogP contribution in [0.4, 0.5) is 0 Å². The highest BCUT2D eigenvalue weighted by atomic mass is 32.2. The van der Waals surface area contributed by atoms with Crippen LogP contribution >= 0.6 is 0 Å². The molecular formula is C12H25N3O2S. The maximum Gasteiger partial charge on any atom is 0.152 e. The molecule has 2 rings (SSSR count). The predicted molar refractivity (Wildman–Crippen MR) is 73.4 cm³/mol. The van der Waals surface area contributed by atoms with E-state index >= 15 is 0 Å². The highest BCUT2D eigenvalue weighted by Crippen LogP contribution is 2.29. The number of nitrogens with zero attached hydrogens (tertiary/aromatic N) is 2. The summed E-state index contributed by atoms with van der Waals surface area (Å²) in [5.74, 6) is 0.590. The Bertz CT molecular complexity index is 377. The normalized spacial score (nSPS) is 34.6. The second-order valence-corrected chi connectivity index (χ2v) is 7.73. The van der Waals surface area contributed by atoms with Gasteiger partial charge in [0.15, 0.2) is 9.84 Å². The van der Waals surface area contributed by atoms with Gasteiger partial charge >= 0.3 is 0 Å². The van der Waals surface area contributed by atoms with E-state index in [0.717, 1.165) is 45.6 Å². The standard InChI is InChI=1S/C12H25N3O2S/c1-2-14-5-7-15(8-6-14)12(10-13)4-3-9-18(16,17)11-12/h2-11,13H2,1H3. The van der Waals surface area contributed by atoms with Crippen LogP contribution in [0.3, 0.4) is 0 Å². The van der Waals surface area contributed by atoms with E-state index in [2.05, 4.69) is 16.7 Å². The maximum absolute atomic E-state index is 11.9. The monoisotopic (exact) mass is 275 g/mol. The molecule has 0 saturated carbocycles. The van der Waals surface area contributed by atoms with E-state index < -0.39 is 9.84 Å². The summed E-state index contributed by atoms with van der Waals surface area (Å²) in [6, 6.07) is 0. The molecule has 2 saturated heterocycles. The van der Waals surface area contributed by atoms with Crippen molar-refractivity contribution in [2.45, 2.75) is 25.3 Å². The lowest BCUT2D eigenvalue weighted by Crippen LogP contribution is -2.64. The van der Waals surface area contributed by atoms with Gasteiger partial charge < -0.3 is 10.6 Å². The van der Waals surface area contributed by atoms with E-state index in [1.165, 1.54) is 0 Å². The predicted octanol–water partition coefficient (Wildman–Crippen LogP) is -0.470. The van der Waals surface area contributed by atoms with E-state index in [0.29, 0.717) is 12.3 Å². The van der Waals surface area contributed by atoms with Crippen molar-refractivity contribution in [2.75, 3.05) is 50.8 Å². The van der Waals surface area contributed by atoms with E-state index in [4.69, 9.17) is 5.73 Å². The van der Waals surface area contributed by atoms with Crippen molar-refractivity contribution in [1.82, 2.24) is 9.80 Å². The third-order valence-corrected chi connectivity index (χ3v) is 6.34. The Morgan fingerprint density at radius 3 is 2.39 bits per heavy atom. The highest BCUT2D eigenvalue weighted by molar-refractivity contribution is 7.91. The molecule has 5 nitrogen and oxygen atoms in total. The number of piperazine rings is 1. The molecule has 0 aliphatic carbocycles. The van der Waals surface area contributed by atoms with Crippen LogP contribution in [0.25, 0.3) is 0 Å². The molecule has 2 heterocycles. The summed E-state index contributed by atoms with van der Waals surface area (Å²) < 4.78 is 23.8. The lowest BCUT2D eigenvalue weighted by atomic mass is 9.92. The number of rotatable bonds is 3. The van der Waals surface area contributed by atoms with Gasteiger partial charge in [0.05, 0.1) is 11.5 Å². The van der Waals surface area contributed by atoms with Gasteiger partial charge in [-0.05, 0) is 19.4 Å². The Labute approximate surface area is 110 Å². The van der Waals surface area contributed by atoms with Crippen molar-refractivity contribution in [3.8, 4) is 0 Å². The summed E-state index contributed by atoms with van der Waals surface area (Å²) in [7, 11) is -2.91. The molecule has 6 heteroatoms. The van der Waals surface area contributed by atoms with Crippen molar-refractivity contribution >= 4 is 9.84 Å². The molecular weight excluding hydrogens is 250 g/mol. The first kappa shape index (κ1) is 14.2. The van der Waals surface area contributed by atoms with Gasteiger partial charge in [0.25, 0.3) is 0 Å². The van der Waals surface area contributed by atoms with Crippen molar-refractivity contribution in [1.29, 1.82) is 0 Å². The van der Waals surface area contributed by atoms with Crippen LogP contribution in [-0.4, -0.2) is 74.5 Å². The quantitative estimate of drug-likeness (QED) is 0.754. The molecule has 1 atom stereocenters. The summed E-state index contributed by atoms with van der Waals surface area (Å²) in [6.07, 6.45) is 1.68. The molecule has 0 aromatic carbocycles. The fraction of sp³-hybridized carbons (Fsp3) is 1.00. The Morgan fingerprint density at radius 1 is 1.22 bits per heavy atom. The molecule has 2 N–H and O–H groups in total. The van der Waals surface area contributed by atoms with Gasteiger partial charge in [-0.2, -0.15) is 0 Å². The van der Waals surface area contributed by atoms with Gasteiger partial charge in [-0.25, -0.2) is 8.42 Å². The zero-order valence-electron chi connectivity index (χ0n) is 11.3. The average molecular weight is 275 g/mol. The Hall–Kier alpha value is -0.170. The number of sulfone groups is 1. The molecule has 18 heavy (non-hydrogen) atoms. The summed E-state index contributed by atoms with van der Waals surface area (Å²) in [6.45, 7) is 7.64. The minimum Gasteiger partial charge on any atom is -0.329 e. The topological polar surface area (TPSA) is 66.6 Å². The van der Waals surface area contributed by atoms with Crippen molar-refractivity contribution in [2.24, 2.45) is 5.73 Å². The zero-order valence-corrected chi connectivity index (χ0v) is 12.1. The van der Waals surface area contributed by atoms with Gasteiger partial charge in [-0.15, -0.1) is 0 Å². The summed E-state index contributed by atoms with van der Waals surface area (Å²) in [5, 5.41) is 0. The fourth-order valence-corrected chi connectivity index (χ4v) is 5.24. The lowest BCUT2D eigenvalue weighted by molar-refractivity contribution is 0.0427.